The Hall–Kier alpha value is -3.14. The second-order valence-corrected chi connectivity index (χ2v) is 9.92. The Kier molecular flexibility index (Phi) is 6.08. The Morgan fingerprint density at radius 3 is 2.74 bits per heavy atom. The van der Waals surface area contributed by atoms with Gasteiger partial charge in [-0.3, -0.25) is 5.10 Å². The second-order valence-electron chi connectivity index (χ2n) is 7.34. The smallest absolute Gasteiger partial charge is 0.207 e. The molecular weight excluding hydrogens is 428 g/mol. The summed E-state index contributed by atoms with van der Waals surface area (Å²) in [4.78, 5) is 0.695. The molecule has 0 saturated heterocycles. The SMILES string of the molecule is C=S(=O)(c1ccccc1)[N+]1=CCC=C1CCc1n[nH]c(Cc2cccc(Cl)c2)c1C#N. The molecule has 3 aromatic rings. The van der Waals surface area contributed by atoms with Crippen LogP contribution >= 0.6 is 11.6 Å². The van der Waals surface area contributed by atoms with E-state index in [2.05, 4.69) is 28.2 Å². The van der Waals surface area contributed by atoms with Gasteiger partial charge in [-0.1, -0.05) is 41.9 Å². The highest BCUT2D eigenvalue weighted by molar-refractivity contribution is 7.94. The van der Waals surface area contributed by atoms with Crippen molar-refractivity contribution in [1.82, 2.24) is 10.2 Å². The lowest BCUT2D eigenvalue weighted by Gasteiger charge is -2.08. The summed E-state index contributed by atoms with van der Waals surface area (Å²) in [7, 11) is -2.64. The van der Waals surface area contributed by atoms with Crippen LogP contribution in [0.3, 0.4) is 0 Å². The summed E-state index contributed by atoms with van der Waals surface area (Å²) >= 11 is 6.07. The quantitative estimate of drug-likeness (QED) is 0.425. The summed E-state index contributed by atoms with van der Waals surface area (Å²) in [6.45, 7) is 0. The van der Waals surface area contributed by atoms with Gasteiger partial charge in [-0.05, 0) is 35.9 Å². The number of hydrogen-bond donors (Lipinski definition) is 1. The predicted octanol–water partition coefficient (Wildman–Crippen LogP) is 4.52. The molecule has 0 amide bonds. The van der Waals surface area contributed by atoms with Crippen LogP contribution in [0.5, 0.6) is 0 Å². The molecule has 0 saturated carbocycles. The van der Waals surface area contributed by atoms with Gasteiger partial charge in [0.2, 0.25) is 9.71 Å². The molecule has 1 aliphatic rings. The van der Waals surface area contributed by atoms with Crippen LogP contribution in [-0.2, 0) is 22.5 Å². The van der Waals surface area contributed by atoms with Crippen molar-refractivity contribution < 1.29 is 8.19 Å². The van der Waals surface area contributed by atoms with E-state index in [4.69, 9.17) is 11.6 Å². The largest absolute Gasteiger partial charge is 0.281 e. The van der Waals surface area contributed by atoms with Crippen LogP contribution < -0.4 is 0 Å². The highest BCUT2D eigenvalue weighted by Gasteiger charge is 2.28. The number of hydrogen-bond acceptors (Lipinski definition) is 3. The lowest BCUT2D eigenvalue weighted by Crippen LogP contribution is -2.20. The van der Waals surface area contributed by atoms with E-state index in [1.165, 1.54) is 0 Å². The zero-order valence-corrected chi connectivity index (χ0v) is 18.5. The first-order valence-corrected chi connectivity index (χ1v) is 12.0. The van der Waals surface area contributed by atoms with E-state index in [0.29, 0.717) is 46.9 Å². The molecule has 0 fully saturated rings. The van der Waals surface area contributed by atoms with Crippen molar-refractivity contribution in [2.75, 3.05) is 0 Å². The fourth-order valence-corrected chi connectivity index (χ4v) is 5.61. The summed E-state index contributed by atoms with van der Waals surface area (Å²) in [6.07, 6.45) is 6.42. The van der Waals surface area contributed by atoms with Gasteiger partial charge in [-0.25, -0.2) is 0 Å². The molecule has 5 nitrogen and oxygen atoms in total. The van der Waals surface area contributed by atoms with Crippen LogP contribution in [0.4, 0.5) is 0 Å². The number of benzene rings is 2. The van der Waals surface area contributed by atoms with Crippen molar-refractivity contribution in [3.05, 3.63) is 93.9 Å². The molecule has 4 rings (SSSR count). The van der Waals surface area contributed by atoms with Gasteiger partial charge in [0, 0.05) is 30.2 Å². The molecule has 7 heteroatoms. The summed E-state index contributed by atoms with van der Waals surface area (Å²) in [6, 6.07) is 19.1. The van der Waals surface area contributed by atoms with Gasteiger partial charge in [-0.15, -0.1) is 3.98 Å². The van der Waals surface area contributed by atoms with E-state index >= 15 is 0 Å². The summed E-state index contributed by atoms with van der Waals surface area (Å²) in [5.41, 5.74) is 3.99. The van der Waals surface area contributed by atoms with Crippen LogP contribution in [-0.4, -0.2) is 30.5 Å². The molecule has 31 heavy (non-hydrogen) atoms. The third kappa shape index (κ3) is 4.48. The number of aromatic nitrogens is 2. The maximum absolute atomic E-state index is 13.4. The zero-order valence-electron chi connectivity index (χ0n) is 16.9. The van der Waals surface area contributed by atoms with E-state index in [1.807, 2.05) is 60.8 Å². The van der Waals surface area contributed by atoms with Gasteiger partial charge < -0.3 is 0 Å². The van der Waals surface area contributed by atoms with Gasteiger partial charge >= 0.3 is 0 Å². The summed E-state index contributed by atoms with van der Waals surface area (Å²) in [5, 5.41) is 17.8. The highest BCUT2D eigenvalue weighted by atomic mass is 35.5. The Morgan fingerprint density at radius 1 is 1.19 bits per heavy atom. The van der Waals surface area contributed by atoms with Crippen molar-refractivity contribution in [3.63, 3.8) is 0 Å². The minimum Gasteiger partial charge on any atom is -0.281 e. The molecule has 1 unspecified atom stereocenters. The molecule has 1 atom stereocenters. The Labute approximate surface area is 187 Å². The minimum atomic E-state index is -2.64. The van der Waals surface area contributed by atoms with E-state index in [9.17, 15) is 9.47 Å². The number of H-pyrrole nitrogens is 1. The lowest BCUT2D eigenvalue weighted by atomic mass is 10.0. The van der Waals surface area contributed by atoms with E-state index < -0.39 is 9.71 Å². The average Bonchev–Trinajstić information content (AvgIpc) is 3.40. The molecule has 1 N–H and O–H groups in total. The normalized spacial score (nSPS) is 15.1. The number of nitrogens with zero attached hydrogens (tertiary/aromatic N) is 3. The summed E-state index contributed by atoms with van der Waals surface area (Å²) in [5.74, 6) is 4.02. The lowest BCUT2D eigenvalue weighted by molar-refractivity contribution is -0.292. The van der Waals surface area contributed by atoms with Crippen LogP contribution in [0.1, 0.15) is 35.4 Å². The first kappa shape index (κ1) is 21.1. The van der Waals surface area contributed by atoms with E-state index in [-0.39, 0.29) is 0 Å². The maximum atomic E-state index is 13.4. The molecule has 0 radical (unpaired) electrons. The van der Waals surface area contributed by atoms with Gasteiger partial charge in [0.1, 0.15) is 6.07 Å². The van der Waals surface area contributed by atoms with Crippen LogP contribution in [0.15, 0.2) is 71.3 Å². The first-order chi connectivity index (χ1) is 15.0. The number of nitriles is 1. The van der Waals surface area contributed by atoms with Gasteiger partial charge in [0.15, 0.2) is 11.9 Å². The summed E-state index contributed by atoms with van der Waals surface area (Å²) < 4.78 is 15.2. The second kappa shape index (κ2) is 8.93. The van der Waals surface area contributed by atoms with Gasteiger partial charge in [-0.2, -0.15) is 14.6 Å². The molecule has 0 spiro atoms. The average molecular weight is 450 g/mol. The Bertz CT molecular complexity index is 1320. The molecule has 2 heterocycles. The number of aryl methyl sites for hydroxylation is 1. The molecular formula is C24H22ClN4OS+. The predicted molar refractivity (Wildman–Crippen MR) is 125 cm³/mol. The van der Waals surface area contributed by atoms with Gasteiger partial charge in [0.25, 0.3) is 0 Å². The molecule has 2 aromatic carbocycles. The Balaban J connectivity index is 1.50. The number of aromatic amines is 1. The first-order valence-electron chi connectivity index (χ1n) is 9.94. The molecule has 0 aliphatic carbocycles. The zero-order chi connectivity index (χ0) is 21.8. The molecule has 156 valence electrons. The monoisotopic (exact) mass is 449 g/mol. The fourth-order valence-electron chi connectivity index (χ4n) is 3.72. The van der Waals surface area contributed by atoms with Crippen molar-refractivity contribution >= 4 is 33.4 Å². The van der Waals surface area contributed by atoms with E-state index in [1.54, 1.807) is 3.98 Å². The van der Waals surface area contributed by atoms with Gasteiger partial charge in [0.05, 0.1) is 28.3 Å². The van der Waals surface area contributed by atoms with Crippen molar-refractivity contribution in [2.24, 2.45) is 0 Å². The number of halogens is 1. The van der Waals surface area contributed by atoms with Crippen LogP contribution in [0.2, 0.25) is 5.02 Å². The number of allylic oxidation sites excluding steroid dienone is 2. The standard InChI is InChI=1S/C24H22ClN4OS/c1-31(30,21-10-3-2-4-11-21)29-14-6-9-20(29)12-13-23-22(17-26)24(28-27-23)16-18-7-5-8-19(25)15-18/h2-5,7-11,14-15H,1,6,12-13,16H2,(H,27,28)/q+1. The third-order valence-corrected chi connectivity index (χ3v) is 7.52. The third-order valence-electron chi connectivity index (χ3n) is 5.25. The fraction of sp³-hybridized carbons (Fsp3) is 0.167. The number of rotatable bonds is 7. The van der Waals surface area contributed by atoms with Crippen molar-refractivity contribution in [1.29, 1.82) is 5.26 Å². The molecule has 0 bridgehead atoms. The topological polar surface area (TPSA) is 72.5 Å². The molecule has 1 aromatic heterocycles. The number of nitrogens with one attached hydrogen (secondary N) is 1. The Morgan fingerprint density at radius 2 is 2.00 bits per heavy atom. The molecule has 1 aliphatic heterocycles. The van der Waals surface area contributed by atoms with Crippen molar-refractivity contribution in [3.8, 4) is 6.07 Å². The minimum absolute atomic E-state index is 0.555. The van der Waals surface area contributed by atoms with Crippen LogP contribution in [0.25, 0.3) is 0 Å². The maximum Gasteiger partial charge on any atom is 0.207 e. The van der Waals surface area contributed by atoms with Crippen LogP contribution in [0, 0.1) is 11.3 Å². The van der Waals surface area contributed by atoms with E-state index in [0.717, 1.165) is 17.0 Å². The van der Waals surface area contributed by atoms with Crippen molar-refractivity contribution in [2.45, 2.75) is 30.6 Å². The highest BCUT2D eigenvalue weighted by Crippen LogP contribution is 2.24.